The predicted molar refractivity (Wildman–Crippen MR) is 157 cm³/mol. The first-order valence-corrected chi connectivity index (χ1v) is 13.4. The van der Waals surface area contributed by atoms with Gasteiger partial charge in [0, 0.05) is 41.8 Å². The van der Waals surface area contributed by atoms with Crippen molar-refractivity contribution in [3.8, 4) is 5.75 Å². The van der Waals surface area contributed by atoms with Crippen molar-refractivity contribution >= 4 is 61.9 Å². The maximum absolute atomic E-state index is 13.5. The van der Waals surface area contributed by atoms with Crippen LogP contribution in [0.4, 0.5) is 5.69 Å². The normalized spacial score (nSPS) is 12.3. The number of benzene rings is 3. The summed E-state index contributed by atoms with van der Waals surface area (Å²) in [7, 11) is 3.92. The van der Waals surface area contributed by atoms with Crippen molar-refractivity contribution < 1.29 is 4.74 Å². The van der Waals surface area contributed by atoms with E-state index in [4.69, 9.17) is 32.9 Å². The molecule has 0 N–H and O–H groups in total. The highest BCUT2D eigenvalue weighted by Crippen LogP contribution is 2.27. The third kappa shape index (κ3) is 6.17. The summed E-state index contributed by atoms with van der Waals surface area (Å²) in [5.74, 6) is 1.27. The zero-order valence-electron chi connectivity index (χ0n) is 21.0. The quantitative estimate of drug-likeness (QED) is 0.196. The molecule has 6 nitrogen and oxygen atoms in total. The molecular weight excluding hydrogens is 575 g/mol. The molecule has 37 heavy (non-hydrogen) atoms. The molecule has 3 aromatic carbocycles. The van der Waals surface area contributed by atoms with Crippen LogP contribution >= 0.6 is 39.1 Å². The highest BCUT2D eigenvalue weighted by molar-refractivity contribution is 9.10. The minimum absolute atomic E-state index is 0.0411. The molecule has 0 amide bonds. The molecule has 1 heterocycles. The predicted octanol–water partition coefficient (Wildman–Crippen LogP) is 7.51. The fourth-order valence-electron chi connectivity index (χ4n) is 3.72. The standard InChI is InChI=1S/C28H27BrCl2N4O2/c1-5-17(2)27-33-25-11-8-20(29)13-22(25)28(36)35(27)32-15-19-7-9-21(34(3)4)14-26(19)37-16-18-6-10-23(30)24(31)12-18/h6-15,17H,5,16H2,1-4H3/t17-/m0/s1. The third-order valence-corrected chi connectivity index (χ3v) is 7.32. The van der Waals surface area contributed by atoms with E-state index in [1.165, 1.54) is 4.68 Å². The molecule has 0 aliphatic carbocycles. The lowest BCUT2D eigenvalue weighted by atomic mass is 10.1. The number of rotatable bonds is 8. The first kappa shape index (κ1) is 27.2. The maximum Gasteiger partial charge on any atom is 0.282 e. The summed E-state index contributed by atoms with van der Waals surface area (Å²) >= 11 is 15.7. The summed E-state index contributed by atoms with van der Waals surface area (Å²) in [5.41, 5.74) is 3.00. The molecule has 0 saturated carbocycles. The molecule has 0 aliphatic rings. The van der Waals surface area contributed by atoms with Crippen LogP contribution in [0.1, 0.15) is 43.1 Å². The van der Waals surface area contributed by atoms with Gasteiger partial charge < -0.3 is 9.64 Å². The van der Waals surface area contributed by atoms with Crippen molar-refractivity contribution in [2.75, 3.05) is 19.0 Å². The van der Waals surface area contributed by atoms with E-state index in [-0.39, 0.29) is 18.1 Å². The van der Waals surface area contributed by atoms with Crippen LogP contribution in [0.5, 0.6) is 5.75 Å². The lowest BCUT2D eigenvalue weighted by Crippen LogP contribution is -2.23. The van der Waals surface area contributed by atoms with E-state index < -0.39 is 0 Å². The first-order valence-electron chi connectivity index (χ1n) is 11.8. The van der Waals surface area contributed by atoms with Gasteiger partial charge >= 0.3 is 0 Å². The van der Waals surface area contributed by atoms with Crippen molar-refractivity contribution in [3.63, 3.8) is 0 Å². The molecule has 0 radical (unpaired) electrons. The SMILES string of the molecule is CC[C@H](C)c1nc2ccc(Br)cc2c(=O)n1N=Cc1ccc(N(C)C)cc1OCc1ccc(Cl)c(Cl)c1. The highest BCUT2D eigenvalue weighted by atomic mass is 79.9. The molecule has 4 rings (SSSR count). The minimum atomic E-state index is -0.221. The maximum atomic E-state index is 13.5. The number of hydrogen-bond donors (Lipinski definition) is 0. The number of halogens is 3. The number of fused-ring (bicyclic) bond motifs is 1. The Morgan fingerprint density at radius 3 is 2.59 bits per heavy atom. The van der Waals surface area contributed by atoms with Crippen LogP contribution in [0.15, 0.2) is 69.0 Å². The van der Waals surface area contributed by atoms with E-state index in [2.05, 4.69) is 28.0 Å². The zero-order chi connectivity index (χ0) is 26.7. The molecule has 0 bridgehead atoms. The van der Waals surface area contributed by atoms with Crippen LogP contribution in [-0.2, 0) is 6.61 Å². The fourth-order valence-corrected chi connectivity index (χ4v) is 4.40. The van der Waals surface area contributed by atoms with Crippen LogP contribution in [0.25, 0.3) is 10.9 Å². The molecule has 192 valence electrons. The van der Waals surface area contributed by atoms with Gasteiger partial charge in [-0.25, -0.2) is 4.98 Å². The van der Waals surface area contributed by atoms with Crippen molar-refractivity contribution in [2.45, 2.75) is 32.8 Å². The molecular formula is C28H27BrCl2N4O2. The summed E-state index contributed by atoms with van der Waals surface area (Å²) in [6, 6.07) is 16.7. The number of anilines is 1. The first-order chi connectivity index (χ1) is 17.7. The second-order valence-corrected chi connectivity index (χ2v) is 10.7. The summed E-state index contributed by atoms with van der Waals surface area (Å²) in [5, 5.41) is 6.07. The summed E-state index contributed by atoms with van der Waals surface area (Å²) < 4.78 is 8.39. The van der Waals surface area contributed by atoms with E-state index in [1.807, 2.05) is 62.3 Å². The average Bonchev–Trinajstić information content (AvgIpc) is 2.88. The topological polar surface area (TPSA) is 59.7 Å². The molecule has 0 saturated heterocycles. The molecule has 9 heteroatoms. The number of nitrogens with zero attached hydrogens (tertiary/aromatic N) is 4. The molecule has 0 aliphatic heterocycles. The van der Waals surface area contributed by atoms with Crippen molar-refractivity contribution in [1.82, 2.24) is 9.66 Å². The smallest absolute Gasteiger partial charge is 0.282 e. The van der Waals surface area contributed by atoms with Crippen LogP contribution in [-0.4, -0.2) is 30.0 Å². The van der Waals surface area contributed by atoms with Gasteiger partial charge in [0.05, 0.1) is 27.2 Å². The van der Waals surface area contributed by atoms with E-state index in [0.29, 0.717) is 32.5 Å². The van der Waals surface area contributed by atoms with Crippen molar-refractivity contribution in [2.24, 2.45) is 5.10 Å². The van der Waals surface area contributed by atoms with Crippen LogP contribution < -0.4 is 15.2 Å². The number of aromatic nitrogens is 2. The van der Waals surface area contributed by atoms with Crippen LogP contribution in [0.2, 0.25) is 10.0 Å². The second-order valence-electron chi connectivity index (χ2n) is 8.96. The Morgan fingerprint density at radius 1 is 1.11 bits per heavy atom. The van der Waals surface area contributed by atoms with E-state index in [9.17, 15) is 4.79 Å². The van der Waals surface area contributed by atoms with Gasteiger partial charge in [-0.1, -0.05) is 59.0 Å². The summed E-state index contributed by atoms with van der Waals surface area (Å²) in [4.78, 5) is 20.2. The average molecular weight is 602 g/mol. The van der Waals surface area contributed by atoms with E-state index >= 15 is 0 Å². The van der Waals surface area contributed by atoms with Gasteiger partial charge in [0.2, 0.25) is 0 Å². The lowest BCUT2D eigenvalue weighted by Gasteiger charge is -2.17. The Labute approximate surface area is 234 Å². The Balaban J connectivity index is 1.76. The van der Waals surface area contributed by atoms with Crippen LogP contribution in [0, 0.1) is 0 Å². The summed E-state index contributed by atoms with van der Waals surface area (Å²) in [6.45, 7) is 4.39. The zero-order valence-corrected chi connectivity index (χ0v) is 24.1. The van der Waals surface area contributed by atoms with Gasteiger partial charge in [-0.15, -0.1) is 0 Å². The van der Waals surface area contributed by atoms with Gasteiger partial charge in [0.1, 0.15) is 18.2 Å². The lowest BCUT2D eigenvalue weighted by molar-refractivity contribution is 0.306. The fraction of sp³-hybridized carbons (Fsp3) is 0.250. The van der Waals surface area contributed by atoms with Gasteiger partial charge in [0.15, 0.2) is 0 Å². The second kappa shape index (κ2) is 11.7. The molecule has 1 aromatic heterocycles. The van der Waals surface area contributed by atoms with Crippen molar-refractivity contribution in [1.29, 1.82) is 0 Å². The van der Waals surface area contributed by atoms with Gasteiger partial charge in [-0.3, -0.25) is 4.79 Å². The molecule has 0 unspecified atom stereocenters. The van der Waals surface area contributed by atoms with E-state index in [0.717, 1.165) is 27.7 Å². The van der Waals surface area contributed by atoms with Crippen LogP contribution in [0.3, 0.4) is 0 Å². The number of hydrogen-bond acceptors (Lipinski definition) is 5. The van der Waals surface area contributed by atoms with Gasteiger partial charge in [-0.05, 0) is 54.4 Å². The Hall–Kier alpha value is -2.87. The Morgan fingerprint density at radius 2 is 1.89 bits per heavy atom. The van der Waals surface area contributed by atoms with Crippen molar-refractivity contribution in [3.05, 3.63) is 96.4 Å². The van der Waals surface area contributed by atoms with Gasteiger partial charge in [0.25, 0.3) is 5.56 Å². The summed E-state index contributed by atoms with van der Waals surface area (Å²) in [6.07, 6.45) is 2.46. The molecule has 0 spiro atoms. The molecule has 0 fully saturated rings. The van der Waals surface area contributed by atoms with Gasteiger partial charge in [-0.2, -0.15) is 9.78 Å². The minimum Gasteiger partial charge on any atom is -0.488 e. The van der Waals surface area contributed by atoms with E-state index in [1.54, 1.807) is 24.4 Å². The number of ether oxygens (including phenoxy) is 1. The Kier molecular flexibility index (Phi) is 8.57. The monoisotopic (exact) mass is 600 g/mol. The molecule has 4 aromatic rings. The Bertz CT molecular complexity index is 1540. The largest absolute Gasteiger partial charge is 0.488 e. The third-order valence-electron chi connectivity index (χ3n) is 6.09. The molecule has 1 atom stereocenters. The highest BCUT2D eigenvalue weighted by Gasteiger charge is 2.16.